The van der Waals surface area contributed by atoms with Gasteiger partial charge in [0.25, 0.3) is 0 Å². The molecular weight excluding hydrogens is 192 g/mol. The quantitative estimate of drug-likeness (QED) is 0.799. The van der Waals surface area contributed by atoms with Gasteiger partial charge in [-0.1, -0.05) is 19.1 Å². The Balaban J connectivity index is 2.89. The topological polar surface area (TPSA) is 57.5 Å². The summed E-state index contributed by atoms with van der Waals surface area (Å²) in [5.41, 5.74) is 0.0927. The average molecular weight is 208 g/mol. The van der Waals surface area contributed by atoms with E-state index in [9.17, 15) is 9.90 Å². The Hall–Kier alpha value is -1.51. The third kappa shape index (κ3) is 2.72. The molecule has 82 valence electrons. The number of phenols is 1. The van der Waals surface area contributed by atoms with E-state index in [2.05, 4.69) is 0 Å². The van der Waals surface area contributed by atoms with E-state index >= 15 is 0 Å². The van der Waals surface area contributed by atoms with Crippen molar-refractivity contribution in [2.24, 2.45) is 5.41 Å². The van der Waals surface area contributed by atoms with E-state index < -0.39 is 11.4 Å². The summed E-state index contributed by atoms with van der Waals surface area (Å²) in [5.74, 6) is -0.621. The lowest BCUT2D eigenvalue weighted by Crippen LogP contribution is -2.29. The van der Waals surface area contributed by atoms with Gasteiger partial charge in [-0.15, -0.1) is 0 Å². The molecule has 0 radical (unpaired) electrons. The lowest BCUT2D eigenvalue weighted by Gasteiger charge is -2.22. The van der Waals surface area contributed by atoms with E-state index in [0.717, 1.165) is 5.56 Å². The summed E-state index contributed by atoms with van der Waals surface area (Å²) in [6, 6.07) is 6.74. The number of hydrogen-bond acceptors (Lipinski definition) is 2. The lowest BCUT2D eigenvalue weighted by atomic mass is 9.81. The van der Waals surface area contributed by atoms with Crippen LogP contribution in [0.15, 0.2) is 24.3 Å². The molecular formula is C12H16O3. The molecule has 1 rings (SSSR count). The molecule has 0 aliphatic rings. The number of rotatable bonds is 4. The molecule has 2 N–H and O–H groups in total. The van der Waals surface area contributed by atoms with Crippen LogP contribution in [0.5, 0.6) is 5.75 Å². The van der Waals surface area contributed by atoms with E-state index in [-0.39, 0.29) is 5.75 Å². The van der Waals surface area contributed by atoms with Crippen molar-refractivity contribution in [3.05, 3.63) is 29.8 Å². The molecule has 15 heavy (non-hydrogen) atoms. The highest BCUT2D eigenvalue weighted by molar-refractivity contribution is 5.74. The van der Waals surface area contributed by atoms with Crippen molar-refractivity contribution < 1.29 is 15.0 Å². The van der Waals surface area contributed by atoms with Crippen molar-refractivity contribution in [3.8, 4) is 5.75 Å². The highest BCUT2D eigenvalue weighted by Gasteiger charge is 2.31. The first-order valence-electron chi connectivity index (χ1n) is 4.99. The van der Waals surface area contributed by atoms with Gasteiger partial charge in [0.05, 0.1) is 5.41 Å². The van der Waals surface area contributed by atoms with Crippen LogP contribution in [-0.4, -0.2) is 16.2 Å². The zero-order valence-electron chi connectivity index (χ0n) is 9.03. The summed E-state index contributed by atoms with van der Waals surface area (Å²) in [5, 5.41) is 18.4. The second-order valence-electron chi connectivity index (χ2n) is 4.07. The maximum Gasteiger partial charge on any atom is 0.309 e. The van der Waals surface area contributed by atoms with Crippen LogP contribution < -0.4 is 0 Å². The van der Waals surface area contributed by atoms with Gasteiger partial charge < -0.3 is 10.2 Å². The first kappa shape index (κ1) is 11.6. The Labute approximate surface area is 89.4 Å². The highest BCUT2D eigenvalue weighted by atomic mass is 16.4. The molecule has 1 aromatic rings. The fourth-order valence-corrected chi connectivity index (χ4v) is 1.47. The number of carboxylic acids is 1. The Morgan fingerprint density at radius 2 is 2.13 bits per heavy atom. The lowest BCUT2D eigenvalue weighted by molar-refractivity contribution is -0.148. The van der Waals surface area contributed by atoms with E-state index in [0.29, 0.717) is 12.8 Å². The van der Waals surface area contributed by atoms with Gasteiger partial charge >= 0.3 is 5.97 Å². The Morgan fingerprint density at radius 1 is 1.47 bits per heavy atom. The fourth-order valence-electron chi connectivity index (χ4n) is 1.47. The summed E-state index contributed by atoms with van der Waals surface area (Å²) in [7, 11) is 0. The molecule has 0 fully saturated rings. The second-order valence-corrected chi connectivity index (χ2v) is 4.07. The maximum absolute atomic E-state index is 11.1. The van der Waals surface area contributed by atoms with Crippen LogP contribution in [0.4, 0.5) is 0 Å². The zero-order valence-corrected chi connectivity index (χ0v) is 9.03. The SMILES string of the molecule is CCC(C)(Cc1cccc(O)c1)C(=O)O. The Kier molecular flexibility index (Phi) is 3.35. The van der Waals surface area contributed by atoms with Crippen LogP contribution in [0.2, 0.25) is 0 Å². The van der Waals surface area contributed by atoms with Gasteiger partial charge in [-0.25, -0.2) is 0 Å². The van der Waals surface area contributed by atoms with Crippen molar-refractivity contribution in [3.63, 3.8) is 0 Å². The largest absolute Gasteiger partial charge is 0.508 e. The van der Waals surface area contributed by atoms with E-state index in [1.54, 1.807) is 25.1 Å². The predicted octanol–water partition coefficient (Wildman–Crippen LogP) is 2.44. The van der Waals surface area contributed by atoms with Crippen LogP contribution in [0.1, 0.15) is 25.8 Å². The summed E-state index contributed by atoms with van der Waals surface area (Å²) in [6.07, 6.45) is 1.01. The first-order valence-corrected chi connectivity index (χ1v) is 4.99. The molecule has 1 atom stereocenters. The van der Waals surface area contributed by atoms with Crippen LogP contribution in [0.3, 0.4) is 0 Å². The van der Waals surface area contributed by atoms with Crippen LogP contribution in [-0.2, 0) is 11.2 Å². The van der Waals surface area contributed by atoms with Gasteiger partial charge in [0.1, 0.15) is 5.75 Å². The third-order valence-electron chi connectivity index (χ3n) is 2.80. The van der Waals surface area contributed by atoms with Gasteiger partial charge in [0.15, 0.2) is 0 Å². The molecule has 0 aliphatic carbocycles. The molecule has 0 saturated carbocycles. The highest BCUT2D eigenvalue weighted by Crippen LogP contribution is 2.27. The molecule has 1 unspecified atom stereocenters. The molecule has 0 amide bonds. The van der Waals surface area contributed by atoms with Crippen LogP contribution in [0, 0.1) is 5.41 Å². The van der Waals surface area contributed by atoms with Crippen molar-refractivity contribution in [2.45, 2.75) is 26.7 Å². The smallest absolute Gasteiger partial charge is 0.309 e. The minimum Gasteiger partial charge on any atom is -0.508 e. The van der Waals surface area contributed by atoms with Crippen molar-refractivity contribution in [1.82, 2.24) is 0 Å². The monoisotopic (exact) mass is 208 g/mol. The van der Waals surface area contributed by atoms with Crippen LogP contribution >= 0.6 is 0 Å². The molecule has 0 aliphatic heterocycles. The van der Waals surface area contributed by atoms with E-state index in [1.807, 2.05) is 13.0 Å². The van der Waals surface area contributed by atoms with E-state index in [1.165, 1.54) is 0 Å². The first-order chi connectivity index (χ1) is 6.98. The second kappa shape index (κ2) is 4.34. The third-order valence-corrected chi connectivity index (χ3v) is 2.80. The number of phenolic OH excluding ortho intramolecular Hbond substituents is 1. The van der Waals surface area contributed by atoms with Crippen molar-refractivity contribution in [1.29, 1.82) is 0 Å². The molecule has 0 saturated heterocycles. The number of aliphatic carboxylic acids is 1. The molecule has 3 heteroatoms. The van der Waals surface area contributed by atoms with Crippen LogP contribution in [0.25, 0.3) is 0 Å². The number of aromatic hydroxyl groups is 1. The number of carboxylic acid groups (broad SMARTS) is 1. The molecule has 0 heterocycles. The average Bonchev–Trinajstić information content (AvgIpc) is 2.17. The van der Waals surface area contributed by atoms with Gasteiger partial charge in [0, 0.05) is 0 Å². The number of hydrogen-bond donors (Lipinski definition) is 2. The number of benzene rings is 1. The minimum atomic E-state index is -0.798. The summed E-state index contributed by atoms with van der Waals surface area (Å²) in [4.78, 5) is 11.1. The summed E-state index contributed by atoms with van der Waals surface area (Å²) < 4.78 is 0. The van der Waals surface area contributed by atoms with Gasteiger partial charge in [-0.3, -0.25) is 4.79 Å². The van der Waals surface area contributed by atoms with E-state index in [4.69, 9.17) is 5.11 Å². The standard InChI is InChI=1S/C12H16O3/c1-3-12(2,11(14)15)8-9-5-4-6-10(13)7-9/h4-7,13H,3,8H2,1-2H3,(H,14,15). The molecule has 0 aromatic heterocycles. The Bertz CT molecular complexity index is 360. The molecule has 3 nitrogen and oxygen atoms in total. The molecule has 1 aromatic carbocycles. The minimum absolute atomic E-state index is 0.177. The van der Waals surface area contributed by atoms with Gasteiger partial charge in [-0.05, 0) is 37.5 Å². The van der Waals surface area contributed by atoms with Gasteiger partial charge in [-0.2, -0.15) is 0 Å². The Morgan fingerprint density at radius 3 is 2.60 bits per heavy atom. The molecule has 0 bridgehead atoms. The number of carbonyl (C=O) groups is 1. The summed E-state index contributed by atoms with van der Waals surface area (Å²) >= 11 is 0. The zero-order chi connectivity index (χ0) is 11.5. The van der Waals surface area contributed by atoms with Crippen molar-refractivity contribution >= 4 is 5.97 Å². The van der Waals surface area contributed by atoms with Crippen molar-refractivity contribution in [2.75, 3.05) is 0 Å². The predicted molar refractivity (Wildman–Crippen MR) is 57.8 cm³/mol. The normalized spacial score (nSPS) is 14.5. The molecule has 0 spiro atoms. The maximum atomic E-state index is 11.1. The summed E-state index contributed by atoms with van der Waals surface area (Å²) in [6.45, 7) is 3.58. The fraction of sp³-hybridized carbons (Fsp3) is 0.417. The van der Waals surface area contributed by atoms with Gasteiger partial charge in [0.2, 0.25) is 0 Å².